The molecule has 0 saturated heterocycles. The zero-order valence-corrected chi connectivity index (χ0v) is 29.4. The minimum absolute atomic E-state index is 0.112. The van der Waals surface area contributed by atoms with Crippen molar-refractivity contribution in [2.24, 2.45) is 0 Å². The molecule has 0 heterocycles. The summed E-state index contributed by atoms with van der Waals surface area (Å²) in [4.78, 5) is 23.9. The number of aliphatic hydroxyl groups is 1. The van der Waals surface area contributed by atoms with Crippen molar-refractivity contribution in [3.05, 3.63) is 12.2 Å². The number of ether oxygens (including phenoxy) is 2. The van der Waals surface area contributed by atoms with Gasteiger partial charge in [-0.2, -0.15) is 0 Å². The Labute approximate surface area is 273 Å². The van der Waals surface area contributed by atoms with Gasteiger partial charge in [-0.3, -0.25) is 9.59 Å². The maximum Gasteiger partial charge on any atom is 0.305 e. The minimum Gasteiger partial charge on any atom is -0.463 e. The molecule has 0 saturated carbocycles. The summed E-state index contributed by atoms with van der Waals surface area (Å²) in [5.41, 5.74) is 0. The summed E-state index contributed by atoms with van der Waals surface area (Å²) in [6, 6.07) is 0. The first-order valence-corrected chi connectivity index (χ1v) is 19.2. The van der Waals surface area contributed by atoms with Crippen LogP contribution in [0, 0.1) is 0 Å². The summed E-state index contributed by atoms with van der Waals surface area (Å²) in [7, 11) is 0. The molecule has 0 bridgehead atoms. The van der Waals surface area contributed by atoms with Gasteiger partial charge in [-0.05, 0) is 38.5 Å². The van der Waals surface area contributed by atoms with Gasteiger partial charge in [0.1, 0.15) is 19.3 Å². The van der Waals surface area contributed by atoms with Crippen LogP contribution in [0.5, 0.6) is 0 Å². The van der Waals surface area contributed by atoms with Crippen molar-refractivity contribution in [3.8, 4) is 0 Å². The van der Waals surface area contributed by atoms with Gasteiger partial charge in [0.05, 0.1) is 0 Å². The average molecular weight is 623 g/mol. The molecule has 0 radical (unpaired) electrons. The molecule has 0 aliphatic heterocycles. The number of unbranched alkanes of at least 4 members (excludes halogenated alkanes) is 25. The fraction of sp³-hybridized carbons (Fsp3) is 0.897. The zero-order chi connectivity index (χ0) is 32.2. The molecule has 0 rings (SSSR count). The largest absolute Gasteiger partial charge is 0.463 e. The number of hydrogen-bond donors (Lipinski definition) is 1. The van der Waals surface area contributed by atoms with E-state index in [1.807, 2.05) is 0 Å². The Kier molecular flexibility index (Phi) is 35.0. The van der Waals surface area contributed by atoms with Crippen LogP contribution < -0.4 is 0 Å². The van der Waals surface area contributed by atoms with Crippen molar-refractivity contribution < 1.29 is 24.2 Å². The normalized spacial score (nSPS) is 12.2. The monoisotopic (exact) mass is 623 g/mol. The Morgan fingerprint density at radius 2 is 0.727 bits per heavy atom. The second-order valence-electron chi connectivity index (χ2n) is 13.1. The van der Waals surface area contributed by atoms with Crippen molar-refractivity contribution >= 4 is 11.9 Å². The van der Waals surface area contributed by atoms with Crippen molar-refractivity contribution in [1.82, 2.24) is 0 Å². The number of carbonyl (C=O) groups is 2. The highest BCUT2D eigenvalue weighted by atomic mass is 16.6. The highest BCUT2D eigenvalue weighted by molar-refractivity contribution is 5.69. The Morgan fingerprint density at radius 3 is 1.05 bits per heavy atom. The van der Waals surface area contributed by atoms with E-state index in [4.69, 9.17) is 9.47 Å². The maximum absolute atomic E-state index is 11.9. The van der Waals surface area contributed by atoms with Gasteiger partial charge in [-0.1, -0.05) is 167 Å². The molecular formula is C39H74O5. The van der Waals surface area contributed by atoms with Crippen LogP contribution in [0.3, 0.4) is 0 Å². The maximum atomic E-state index is 11.9. The second kappa shape index (κ2) is 36.1. The van der Waals surface area contributed by atoms with Crippen LogP contribution in [0.2, 0.25) is 0 Å². The molecule has 5 heteroatoms. The fourth-order valence-electron chi connectivity index (χ4n) is 5.55. The molecule has 1 N–H and O–H groups in total. The predicted molar refractivity (Wildman–Crippen MR) is 187 cm³/mol. The van der Waals surface area contributed by atoms with Gasteiger partial charge in [0.25, 0.3) is 0 Å². The van der Waals surface area contributed by atoms with E-state index >= 15 is 0 Å². The van der Waals surface area contributed by atoms with Crippen LogP contribution in [0.15, 0.2) is 12.2 Å². The molecule has 260 valence electrons. The van der Waals surface area contributed by atoms with Crippen LogP contribution >= 0.6 is 0 Å². The standard InChI is InChI=1S/C39H74O5/c1-3-5-7-9-11-13-15-17-18-19-20-22-24-26-28-30-32-34-39(42)44-36-37(40)35-43-38(41)33-31-29-27-25-23-21-16-14-12-10-8-6-4-2/h17-18,37,40H,3-16,19-36H2,1-2H3/b18-17-/t37-/m1/s1. The third-order valence-corrected chi connectivity index (χ3v) is 8.50. The first kappa shape index (κ1) is 42.6. The Morgan fingerprint density at radius 1 is 0.455 bits per heavy atom. The van der Waals surface area contributed by atoms with Crippen molar-refractivity contribution in [1.29, 1.82) is 0 Å². The Balaban J connectivity index is 3.41. The van der Waals surface area contributed by atoms with Crippen molar-refractivity contribution in [2.45, 2.75) is 213 Å². The highest BCUT2D eigenvalue weighted by Crippen LogP contribution is 2.14. The fourth-order valence-corrected chi connectivity index (χ4v) is 5.55. The van der Waals surface area contributed by atoms with E-state index in [2.05, 4.69) is 26.0 Å². The molecule has 0 unspecified atom stereocenters. The molecule has 5 nitrogen and oxygen atoms in total. The summed E-state index contributed by atoms with van der Waals surface area (Å²) in [5.74, 6) is -0.562. The van der Waals surface area contributed by atoms with E-state index in [0.29, 0.717) is 12.8 Å². The topological polar surface area (TPSA) is 72.8 Å². The molecule has 0 aliphatic rings. The zero-order valence-electron chi connectivity index (χ0n) is 29.4. The summed E-state index contributed by atoms with van der Waals surface area (Å²) in [6.45, 7) is 4.30. The average Bonchev–Trinajstić information content (AvgIpc) is 3.02. The van der Waals surface area contributed by atoms with Crippen LogP contribution in [-0.2, 0) is 19.1 Å². The van der Waals surface area contributed by atoms with E-state index in [9.17, 15) is 14.7 Å². The number of carbonyl (C=O) groups excluding carboxylic acids is 2. The lowest BCUT2D eigenvalue weighted by Crippen LogP contribution is -2.25. The second-order valence-corrected chi connectivity index (χ2v) is 13.1. The summed E-state index contributed by atoms with van der Waals surface area (Å²) in [5, 5.41) is 9.99. The molecule has 0 aromatic heterocycles. The SMILES string of the molecule is CCCCCCCC/C=C\CCCCCCCCCC(=O)OC[C@H](O)COC(=O)CCCCCCCCCCCCCCC. The molecule has 0 aliphatic carbocycles. The molecule has 0 fully saturated rings. The number of rotatable bonds is 35. The van der Waals surface area contributed by atoms with Gasteiger partial charge in [0.15, 0.2) is 0 Å². The molecule has 1 atom stereocenters. The number of allylic oxidation sites excluding steroid dienone is 2. The highest BCUT2D eigenvalue weighted by Gasteiger charge is 2.12. The van der Waals surface area contributed by atoms with E-state index < -0.39 is 6.10 Å². The summed E-state index contributed by atoms with van der Waals surface area (Å²) < 4.78 is 10.3. The summed E-state index contributed by atoms with van der Waals surface area (Å²) >= 11 is 0. The van der Waals surface area contributed by atoms with Crippen LogP contribution in [0.25, 0.3) is 0 Å². The van der Waals surface area contributed by atoms with E-state index in [0.717, 1.165) is 32.1 Å². The van der Waals surface area contributed by atoms with Gasteiger partial charge in [0.2, 0.25) is 0 Å². The van der Waals surface area contributed by atoms with Gasteiger partial charge >= 0.3 is 11.9 Å². The third-order valence-electron chi connectivity index (χ3n) is 8.50. The lowest BCUT2D eigenvalue weighted by Gasteiger charge is -2.12. The van der Waals surface area contributed by atoms with E-state index in [1.54, 1.807) is 0 Å². The lowest BCUT2D eigenvalue weighted by molar-refractivity contribution is -0.152. The predicted octanol–water partition coefficient (Wildman–Crippen LogP) is 11.7. The van der Waals surface area contributed by atoms with Crippen LogP contribution in [0.4, 0.5) is 0 Å². The Hall–Kier alpha value is -1.36. The number of hydrogen-bond acceptors (Lipinski definition) is 5. The molecular weight excluding hydrogens is 548 g/mol. The van der Waals surface area contributed by atoms with Gasteiger partial charge in [-0.25, -0.2) is 0 Å². The molecule has 0 spiro atoms. The van der Waals surface area contributed by atoms with Gasteiger partial charge in [0, 0.05) is 12.8 Å². The minimum atomic E-state index is -0.958. The van der Waals surface area contributed by atoms with Crippen LogP contribution in [0.1, 0.15) is 206 Å². The molecule has 44 heavy (non-hydrogen) atoms. The summed E-state index contributed by atoms with van der Waals surface area (Å²) in [6.07, 6.45) is 39.7. The number of aliphatic hydroxyl groups excluding tert-OH is 1. The van der Waals surface area contributed by atoms with Crippen molar-refractivity contribution in [2.75, 3.05) is 13.2 Å². The molecule has 0 aromatic carbocycles. The molecule has 0 aromatic rings. The van der Waals surface area contributed by atoms with Gasteiger partial charge in [-0.15, -0.1) is 0 Å². The smallest absolute Gasteiger partial charge is 0.305 e. The first-order chi connectivity index (χ1) is 21.6. The quantitative estimate of drug-likeness (QED) is 0.0432. The lowest BCUT2D eigenvalue weighted by atomic mass is 10.0. The van der Waals surface area contributed by atoms with E-state index in [-0.39, 0.29) is 25.2 Å². The number of esters is 2. The van der Waals surface area contributed by atoms with E-state index in [1.165, 1.54) is 148 Å². The molecule has 0 amide bonds. The van der Waals surface area contributed by atoms with Gasteiger partial charge < -0.3 is 14.6 Å². The Bertz CT molecular complexity index is 632. The van der Waals surface area contributed by atoms with Crippen LogP contribution in [-0.4, -0.2) is 36.4 Å². The third kappa shape index (κ3) is 35.1. The van der Waals surface area contributed by atoms with Crippen molar-refractivity contribution in [3.63, 3.8) is 0 Å². The first-order valence-electron chi connectivity index (χ1n) is 19.2.